The first-order chi connectivity index (χ1) is 15.1. The van der Waals surface area contributed by atoms with Gasteiger partial charge in [-0.15, -0.1) is 0 Å². The number of aryl methyl sites for hydroxylation is 1. The zero-order chi connectivity index (χ0) is 21.6. The van der Waals surface area contributed by atoms with Crippen molar-refractivity contribution in [1.29, 1.82) is 0 Å². The average Bonchev–Trinajstić information content (AvgIpc) is 3.33. The SMILES string of the molecule is O=C(CCn1c(=O)c(N2CCCC2)nc2ccccc21)NCCC(O)c1ccccc1. The number of aromatic nitrogens is 2. The summed E-state index contributed by atoms with van der Waals surface area (Å²) >= 11 is 0. The average molecular weight is 421 g/mol. The van der Waals surface area contributed by atoms with Gasteiger partial charge in [-0.25, -0.2) is 4.98 Å². The summed E-state index contributed by atoms with van der Waals surface area (Å²) < 4.78 is 1.66. The van der Waals surface area contributed by atoms with Crippen LogP contribution in [0.2, 0.25) is 0 Å². The van der Waals surface area contributed by atoms with Gasteiger partial charge in [0.2, 0.25) is 5.91 Å². The van der Waals surface area contributed by atoms with Crippen LogP contribution in [0.4, 0.5) is 5.82 Å². The first kappa shape index (κ1) is 21.1. The maximum atomic E-state index is 13.1. The van der Waals surface area contributed by atoms with Crippen LogP contribution < -0.4 is 15.8 Å². The molecule has 2 aromatic carbocycles. The van der Waals surface area contributed by atoms with E-state index in [0.29, 0.717) is 18.8 Å². The number of nitrogens with zero attached hydrogens (tertiary/aromatic N) is 3. The summed E-state index contributed by atoms with van der Waals surface area (Å²) in [4.78, 5) is 32.2. The van der Waals surface area contributed by atoms with Crippen LogP contribution >= 0.6 is 0 Å². The molecule has 0 spiro atoms. The Morgan fingerprint density at radius 1 is 1.06 bits per heavy atom. The second kappa shape index (κ2) is 9.75. The summed E-state index contributed by atoms with van der Waals surface area (Å²) in [7, 11) is 0. The third-order valence-corrected chi connectivity index (χ3v) is 5.73. The molecule has 2 heterocycles. The number of para-hydroxylation sites is 2. The van der Waals surface area contributed by atoms with E-state index >= 15 is 0 Å². The lowest BCUT2D eigenvalue weighted by molar-refractivity contribution is -0.121. The molecule has 162 valence electrons. The molecule has 1 aliphatic rings. The quantitative estimate of drug-likeness (QED) is 0.585. The van der Waals surface area contributed by atoms with E-state index < -0.39 is 6.10 Å². The molecular formula is C24H28N4O3. The monoisotopic (exact) mass is 420 g/mol. The van der Waals surface area contributed by atoms with Gasteiger partial charge >= 0.3 is 0 Å². The van der Waals surface area contributed by atoms with Crippen molar-refractivity contribution in [3.8, 4) is 0 Å². The minimum absolute atomic E-state index is 0.143. The van der Waals surface area contributed by atoms with E-state index in [4.69, 9.17) is 0 Å². The van der Waals surface area contributed by atoms with Crippen molar-refractivity contribution in [2.45, 2.75) is 38.3 Å². The lowest BCUT2D eigenvalue weighted by Gasteiger charge is -2.19. The van der Waals surface area contributed by atoms with Crippen molar-refractivity contribution in [3.05, 3.63) is 70.5 Å². The Balaban J connectivity index is 1.40. The highest BCUT2D eigenvalue weighted by atomic mass is 16.3. The molecule has 0 saturated carbocycles. The number of anilines is 1. The standard InChI is InChI=1S/C24H28N4O3/c29-21(18-8-2-1-3-9-18)12-14-25-22(30)13-17-28-20-11-5-4-10-19(20)26-23(24(28)31)27-15-6-7-16-27/h1-5,8-11,21,29H,6-7,12-17H2,(H,25,30). The van der Waals surface area contributed by atoms with Crippen LogP contribution in [-0.2, 0) is 11.3 Å². The molecule has 1 saturated heterocycles. The largest absolute Gasteiger partial charge is 0.388 e. The van der Waals surface area contributed by atoms with Crippen molar-refractivity contribution < 1.29 is 9.90 Å². The maximum Gasteiger partial charge on any atom is 0.294 e. The topological polar surface area (TPSA) is 87.5 Å². The van der Waals surface area contributed by atoms with Gasteiger partial charge in [-0.3, -0.25) is 9.59 Å². The normalized spacial score (nSPS) is 14.7. The Labute approximate surface area is 181 Å². The smallest absolute Gasteiger partial charge is 0.294 e. The highest BCUT2D eigenvalue weighted by molar-refractivity contribution is 5.78. The van der Waals surface area contributed by atoms with Crippen LogP contribution in [0.25, 0.3) is 11.0 Å². The number of carbonyl (C=O) groups is 1. The molecule has 7 heteroatoms. The highest BCUT2D eigenvalue weighted by Crippen LogP contribution is 2.19. The zero-order valence-electron chi connectivity index (χ0n) is 17.5. The Morgan fingerprint density at radius 2 is 1.77 bits per heavy atom. The minimum atomic E-state index is -0.615. The third kappa shape index (κ3) is 4.94. The molecule has 1 unspecified atom stereocenters. The molecule has 4 rings (SSSR count). The predicted octanol–water partition coefficient (Wildman–Crippen LogP) is 2.63. The van der Waals surface area contributed by atoms with Crippen molar-refractivity contribution in [2.24, 2.45) is 0 Å². The molecule has 31 heavy (non-hydrogen) atoms. The molecular weight excluding hydrogens is 392 g/mol. The van der Waals surface area contributed by atoms with Crippen molar-refractivity contribution >= 4 is 22.8 Å². The lowest BCUT2D eigenvalue weighted by Crippen LogP contribution is -2.33. The van der Waals surface area contributed by atoms with Gasteiger partial charge in [0, 0.05) is 32.6 Å². The van der Waals surface area contributed by atoms with Crippen molar-refractivity contribution in [3.63, 3.8) is 0 Å². The van der Waals surface area contributed by atoms with E-state index in [1.54, 1.807) is 4.57 Å². The fourth-order valence-corrected chi connectivity index (χ4v) is 4.03. The number of rotatable bonds is 8. The number of aliphatic hydroxyl groups is 1. The highest BCUT2D eigenvalue weighted by Gasteiger charge is 2.20. The Morgan fingerprint density at radius 3 is 2.55 bits per heavy atom. The molecule has 3 aromatic rings. The number of benzene rings is 2. The van der Waals surface area contributed by atoms with Crippen molar-refractivity contribution in [2.75, 3.05) is 24.5 Å². The molecule has 1 amide bonds. The molecule has 1 atom stereocenters. The van der Waals surface area contributed by atoms with Gasteiger partial charge in [-0.1, -0.05) is 42.5 Å². The van der Waals surface area contributed by atoms with Gasteiger partial charge < -0.3 is 19.9 Å². The van der Waals surface area contributed by atoms with E-state index in [-0.39, 0.29) is 24.4 Å². The molecule has 1 aromatic heterocycles. The lowest BCUT2D eigenvalue weighted by atomic mass is 10.1. The van der Waals surface area contributed by atoms with E-state index in [9.17, 15) is 14.7 Å². The summed E-state index contributed by atoms with van der Waals surface area (Å²) in [5.41, 5.74) is 2.19. The fourth-order valence-electron chi connectivity index (χ4n) is 4.03. The number of carbonyl (C=O) groups excluding carboxylic acids is 1. The van der Waals surface area contributed by atoms with E-state index in [2.05, 4.69) is 10.3 Å². The van der Waals surface area contributed by atoms with Crippen LogP contribution in [0, 0.1) is 0 Å². The summed E-state index contributed by atoms with van der Waals surface area (Å²) in [6.45, 7) is 2.34. The molecule has 1 fully saturated rings. The van der Waals surface area contributed by atoms with Crippen LogP contribution in [-0.4, -0.2) is 40.2 Å². The van der Waals surface area contributed by atoms with Gasteiger partial charge in [-0.2, -0.15) is 0 Å². The molecule has 2 N–H and O–H groups in total. The number of hydrogen-bond acceptors (Lipinski definition) is 5. The van der Waals surface area contributed by atoms with E-state index in [1.165, 1.54) is 0 Å². The van der Waals surface area contributed by atoms with Gasteiger partial charge in [0.05, 0.1) is 17.1 Å². The minimum Gasteiger partial charge on any atom is -0.388 e. The van der Waals surface area contributed by atoms with Gasteiger partial charge in [0.25, 0.3) is 5.56 Å². The Hall–Kier alpha value is -3.19. The summed E-state index contributed by atoms with van der Waals surface area (Å²) in [5, 5.41) is 13.1. The van der Waals surface area contributed by atoms with Crippen molar-refractivity contribution in [1.82, 2.24) is 14.9 Å². The van der Waals surface area contributed by atoms with Gasteiger partial charge in [0.1, 0.15) is 0 Å². The second-order valence-electron chi connectivity index (χ2n) is 7.89. The molecule has 0 aliphatic carbocycles. The number of aliphatic hydroxyl groups excluding tert-OH is 1. The number of hydrogen-bond donors (Lipinski definition) is 2. The molecule has 0 bridgehead atoms. The van der Waals surface area contributed by atoms with Crippen LogP contribution in [0.5, 0.6) is 0 Å². The first-order valence-corrected chi connectivity index (χ1v) is 10.9. The van der Waals surface area contributed by atoms with Crippen LogP contribution in [0.3, 0.4) is 0 Å². The molecule has 7 nitrogen and oxygen atoms in total. The molecule has 0 radical (unpaired) electrons. The van der Waals surface area contributed by atoms with E-state index in [1.807, 2.05) is 59.5 Å². The van der Waals surface area contributed by atoms with Crippen LogP contribution in [0.15, 0.2) is 59.4 Å². The van der Waals surface area contributed by atoms with Gasteiger partial charge in [-0.05, 0) is 37.0 Å². The maximum absolute atomic E-state index is 13.1. The number of fused-ring (bicyclic) bond motifs is 1. The first-order valence-electron chi connectivity index (χ1n) is 10.9. The summed E-state index contributed by atoms with van der Waals surface area (Å²) in [5.74, 6) is 0.332. The summed E-state index contributed by atoms with van der Waals surface area (Å²) in [6, 6.07) is 16.9. The third-order valence-electron chi connectivity index (χ3n) is 5.73. The number of nitrogens with one attached hydrogen (secondary N) is 1. The van der Waals surface area contributed by atoms with Gasteiger partial charge in [0.15, 0.2) is 5.82 Å². The Bertz CT molecular complexity index is 1090. The second-order valence-corrected chi connectivity index (χ2v) is 7.89. The predicted molar refractivity (Wildman–Crippen MR) is 121 cm³/mol. The van der Waals surface area contributed by atoms with Crippen LogP contribution in [0.1, 0.15) is 37.4 Å². The molecule has 1 aliphatic heterocycles. The number of amides is 1. The zero-order valence-corrected chi connectivity index (χ0v) is 17.5. The van der Waals surface area contributed by atoms with E-state index in [0.717, 1.165) is 42.5 Å². The summed E-state index contributed by atoms with van der Waals surface area (Å²) in [6.07, 6.45) is 2.13. The Kier molecular flexibility index (Phi) is 6.62. The fraction of sp³-hybridized carbons (Fsp3) is 0.375.